The number of aromatic carboxylic acids is 1. The zero-order valence-corrected chi connectivity index (χ0v) is 9.58. The van der Waals surface area contributed by atoms with E-state index >= 15 is 0 Å². The van der Waals surface area contributed by atoms with Crippen LogP contribution in [0.4, 0.5) is 0 Å². The SMILES string of the molecule is Cc1cc(C(=O)O)nn1-c1ccc2c(c1)OCO2. The molecule has 0 atom stereocenters. The second-order valence-electron chi connectivity index (χ2n) is 3.93. The number of rotatable bonds is 2. The second kappa shape index (κ2) is 3.76. The first-order valence-electron chi connectivity index (χ1n) is 5.35. The fourth-order valence-corrected chi connectivity index (χ4v) is 1.86. The van der Waals surface area contributed by atoms with E-state index < -0.39 is 5.97 Å². The molecule has 1 aliphatic heterocycles. The van der Waals surface area contributed by atoms with Gasteiger partial charge in [0, 0.05) is 11.8 Å². The molecule has 2 aromatic rings. The van der Waals surface area contributed by atoms with Crippen LogP contribution in [0.5, 0.6) is 11.5 Å². The molecule has 0 radical (unpaired) electrons. The molecule has 0 amide bonds. The van der Waals surface area contributed by atoms with Gasteiger partial charge in [-0.3, -0.25) is 0 Å². The number of benzene rings is 1. The third kappa shape index (κ3) is 1.58. The highest BCUT2D eigenvalue weighted by Gasteiger charge is 2.16. The van der Waals surface area contributed by atoms with Gasteiger partial charge in [0.1, 0.15) is 0 Å². The summed E-state index contributed by atoms with van der Waals surface area (Å²) >= 11 is 0. The largest absolute Gasteiger partial charge is 0.476 e. The smallest absolute Gasteiger partial charge is 0.356 e. The molecular formula is C12H10N2O4. The molecule has 0 saturated heterocycles. The van der Waals surface area contributed by atoms with Crippen LogP contribution in [0.25, 0.3) is 5.69 Å². The Labute approximate surface area is 102 Å². The molecule has 0 saturated carbocycles. The zero-order chi connectivity index (χ0) is 12.7. The number of hydrogen-bond acceptors (Lipinski definition) is 4. The lowest BCUT2D eigenvalue weighted by Gasteiger charge is -2.05. The molecule has 1 aromatic heterocycles. The van der Waals surface area contributed by atoms with E-state index in [0.717, 1.165) is 11.4 Å². The third-order valence-electron chi connectivity index (χ3n) is 2.71. The molecule has 6 nitrogen and oxygen atoms in total. The van der Waals surface area contributed by atoms with Crippen molar-refractivity contribution in [2.24, 2.45) is 0 Å². The van der Waals surface area contributed by atoms with Gasteiger partial charge in [-0.25, -0.2) is 9.48 Å². The lowest BCUT2D eigenvalue weighted by atomic mass is 10.2. The highest BCUT2D eigenvalue weighted by Crippen LogP contribution is 2.33. The van der Waals surface area contributed by atoms with Crippen LogP contribution < -0.4 is 9.47 Å². The van der Waals surface area contributed by atoms with Crippen molar-refractivity contribution in [1.82, 2.24) is 9.78 Å². The van der Waals surface area contributed by atoms with Gasteiger partial charge in [-0.1, -0.05) is 0 Å². The molecule has 3 rings (SSSR count). The monoisotopic (exact) mass is 246 g/mol. The van der Waals surface area contributed by atoms with E-state index in [1.165, 1.54) is 6.07 Å². The lowest BCUT2D eigenvalue weighted by Crippen LogP contribution is -2.02. The van der Waals surface area contributed by atoms with E-state index in [-0.39, 0.29) is 12.5 Å². The minimum Gasteiger partial charge on any atom is -0.476 e. The minimum atomic E-state index is -1.04. The van der Waals surface area contributed by atoms with Crippen LogP contribution >= 0.6 is 0 Å². The predicted octanol–water partition coefficient (Wildman–Crippen LogP) is 1.61. The minimum absolute atomic E-state index is 0.0187. The summed E-state index contributed by atoms with van der Waals surface area (Å²) in [6, 6.07) is 6.87. The maximum Gasteiger partial charge on any atom is 0.356 e. The summed E-state index contributed by atoms with van der Waals surface area (Å²) < 4.78 is 12.1. The first-order valence-corrected chi connectivity index (χ1v) is 5.35. The van der Waals surface area contributed by atoms with Gasteiger partial charge in [-0.15, -0.1) is 0 Å². The molecule has 1 N–H and O–H groups in total. The van der Waals surface area contributed by atoms with Gasteiger partial charge in [0.15, 0.2) is 17.2 Å². The summed E-state index contributed by atoms with van der Waals surface area (Å²) in [4.78, 5) is 10.9. The van der Waals surface area contributed by atoms with Crippen molar-refractivity contribution in [3.63, 3.8) is 0 Å². The van der Waals surface area contributed by atoms with Crippen molar-refractivity contribution in [3.05, 3.63) is 35.7 Å². The number of aromatic nitrogens is 2. The van der Waals surface area contributed by atoms with Crippen molar-refractivity contribution in [3.8, 4) is 17.2 Å². The van der Waals surface area contributed by atoms with Crippen LogP contribution in [-0.4, -0.2) is 27.6 Å². The molecule has 2 heterocycles. The summed E-state index contributed by atoms with van der Waals surface area (Å²) in [5.74, 6) is 0.277. The van der Waals surface area contributed by atoms with Crippen LogP contribution in [0, 0.1) is 6.92 Å². The molecule has 0 aliphatic carbocycles. The molecule has 6 heteroatoms. The Kier molecular flexibility index (Phi) is 2.22. The van der Waals surface area contributed by atoms with Gasteiger partial charge in [0.05, 0.1) is 5.69 Å². The summed E-state index contributed by atoms with van der Waals surface area (Å²) in [7, 11) is 0. The molecule has 0 bridgehead atoms. The van der Waals surface area contributed by atoms with Crippen LogP contribution in [0.1, 0.15) is 16.2 Å². The number of carboxylic acids is 1. The van der Waals surface area contributed by atoms with Crippen molar-refractivity contribution in [2.75, 3.05) is 6.79 Å². The Morgan fingerprint density at radius 1 is 1.33 bits per heavy atom. The van der Waals surface area contributed by atoms with Crippen molar-refractivity contribution < 1.29 is 19.4 Å². The van der Waals surface area contributed by atoms with E-state index in [1.54, 1.807) is 29.8 Å². The van der Waals surface area contributed by atoms with Crippen molar-refractivity contribution >= 4 is 5.97 Å². The fraction of sp³-hybridized carbons (Fsp3) is 0.167. The second-order valence-corrected chi connectivity index (χ2v) is 3.93. The summed E-state index contributed by atoms with van der Waals surface area (Å²) in [6.45, 7) is 2.00. The number of carboxylic acid groups (broad SMARTS) is 1. The zero-order valence-electron chi connectivity index (χ0n) is 9.58. The Morgan fingerprint density at radius 2 is 2.11 bits per heavy atom. The molecule has 18 heavy (non-hydrogen) atoms. The van der Waals surface area contributed by atoms with Crippen LogP contribution in [-0.2, 0) is 0 Å². The summed E-state index contributed by atoms with van der Waals surface area (Å²) in [6.07, 6.45) is 0. The van der Waals surface area contributed by atoms with Gasteiger partial charge in [0.25, 0.3) is 0 Å². The van der Waals surface area contributed by atoms with Crippen LogP contribution in [0.2, 0.25) is 0 Å². The van der Waals surface area contributed by atoms with Crippen LogP contribution in [0.15, 0.2) is 24.3 Å². The topological polar surface area (TPSA) is 73.6 Å². The average Bonchev–Trinajstić information content (AvgIpc) is 2.93. The maximum absolute atomic E-state index is 10.9. The van der Waals surface area contributed by atoms with Gasteiger partial charge < -0.3 is 14.6 Å². The average molecular weight is 246 g/mol. The Balaban J connectivity index is 2.07. The van der Waals surface area contributed by atoms with E-state index in [0.29, 0.717) is 11.5 Å². The third-order valence-corrected chi connectivity index (χ3v) is 2.71. The predicted molar refractivity (Wildman–Crippen MR) is 61.4 cm³/mol. The standard InChI is InChI=1S/C12H10N2O4/c1-7-4-9(12(15)16)13-14(7)8-2-3-10-11(5-8)18-6-17-10/h2-5H,6H2,1H3,(H,15,16). The summed E-state index contributed by atoms with van der Waals surface area (Å²) in [5.41, 5.74) is 1.50. The Bertz CT molecular complexity index is 633. The maximum atomic E-state index is 10.9. The van der Waals surface area contributed by atoms with E-state index in [2.05, 4.69) is 5.10 Å². The molecule has 1 aliphatic rings. The highest BCUT2D eigenvalue weighted by molar-refractivity contribution is 5.85. The number of carbonyl (C=O) groups is 1. The van der Waals surface area contributed by atoms with Crippen molar-refractivity contribution in [2.45, 2.75) is 6.92 Å². The number of ether oxygens (including phenoxy) is 2. The van der Waals surface area contributed by atoms with Crippen LogP contribution in [0.3, 0.4) is 0 Å². The normalized spacial score (nSPS) is 12.7. The number of aryl methyl sites for hydroxylation is 1. The van der Waals surface area contributed by atoms with Gasteiger partial charge in [-0.05, 0) is 25.1 Å². The Hall–Kier alpha value is -2.50. The number of nitrogens with zero attached hydrogens (tertiary/aromatic N) is 2. The summed E-state index contributed by atoms with van der Waals surface area (Å²) in [5, 5.41) is 12.9. The first-order chi connectivity index (χ1) is 8.65. The van der Waals surface area contributed by atoms with Crippen molar-refractivity contribution in [1.29, 1.82) is 0 Å². The van der Waals surface area contributed by atoms with E-state index in [9.17, 15) is 4.79 Å². The number of fused-ring (bicyclic) bond motifs is 1. The van der Waals surface area contributed by atoms with Gasteiger partial charge in [-0.2, -0.15) is 5.10 Å². The molecule has 92 valence electrons. The molecule has 0 spiro atoms. The molecule has 0 fully saturated rings. The quantitative estimate of drug-likeness (QED) is 0.871. The fourth-order valence-electron chi connectivity index (χ4n) is 1.86. The van der Waals surface area contributed by atoms with Gasteiger partial charge in [0.2, 0.25) is 6.79 Å². The Morgan fingerprint density at radius 3 is 2.83 bits per heavy atom. The molecule has 1 aromatic carbocycles. The molecule has 0 unspecified atom stereocenters. The van der Waals surface area contributed by atoms with E-state index in [1.807, 2.05) is 0 Å². The first kappa shape index (κ1) is 10.6. The lowest BCUT2D eigenvalue weighted by molar-refractivity contribution is 0.0690. The number of hydrogen-bond donors (Lipinski definition) is 1. The van der Waals surface area contributed by atoms with Gasteiger partial charge >= 0.3 is 5.97 Å². The highest BCUT2D eigenvalue weighted by atomic mass is 16.7. The van der Waals surface area contributed by atoms with E-state index in [4.69, 9.17) is 14.6 Å². The molecular weight excluding hydrogens is 236 g/mol.